The summed E-state index contributed by atoms with van der Waals surface area (Å²) in [5.41, 5.74) is 1.98. The second-order valence-electron chi connectivity index (χ2n) is 9.12. The van der Waals surface area contributed by atoms with E-state index >= 15 is 0 Å². The van der Waals surface area contributed by atoms with Crippen LogP contribution in [0.25, 0.3) is 0 Å². The van der Waals surface area contributed by atoms with E-state index in [9.17, 15) is 4.79 Å². The highest BCUT2D eigenvalue weighted by atomic mass is 28.4. The van der Waals surface area contributed by atoms with Crippen LogP contribution in [0.5, 0.6) is 17.2 Å². The summed E-state index contributed by atoms with van der Waals surface area (Å²) in [6, 6.07) is 3.68. The first kappa shape index (κ1) is 23.3. The average molecular weight is 421 g/mol. The third kappa shape index (κ3) is 6.26. The predicted molar refractivity (Wildman–Crippen MR) is 118 cm³/mol. The van der Waals surface area contributed by atoms with E-state index in [4.69, 9.17) is 18.6 Å². The zero-order valence-corrected chi connectivity index (χ0v) is 20.0. The Labute approximate surface area is 176 Å². The first-order valence-electron chi connectivity index (χ1n) is 10.3. The Kier molecular flexibility index (Phi) is 7.80. The second kappa shape index (κ2) is 9.70. The van der Waals surface area contributed by atoms with Gasteiger partial charge in [0.05, 0.1) is 20.6 Å². The molecule has 0 fully saturated rings. The predicted octanol–water partition coefficient (Wildman–Crippen LogP) is 6.02. The van der Waals surface area contributed by atoms with Gasteiger partial charge in [-0.05, 0) is 49.9 Å². The number of carbonyl (C=O) groups is 1. The Morgan fingerprint density at radius 1 is 1.03 bits per heavy atom. The lowest BCUT2D eigenvalue weighted by molar-refractivity contribution is -0.144. The van der Waals surface area contributed by atoms with Crippen molar-refractivity contribution < 1.29 is 23.4 Å². The third-order valence-corrected chi connectivity index (χ3v) is 10.2. The van der Waals surface area contributed by atoms with Crippen LogP contribution in [0.2, 0.25) is 18.1 Å². The van der Waals surface area contributed by atoms with Gasteiger partial charge in [0.25, 0.3) is 0 Å². The molecule has 0 heterocycles. The summed E-state index contributed by atoms with van der Waals surface area (Å²) in [5, 5.41) is 0.0432. The lowest BCUT2D eigenvalue weighted by Gasteiger charge is -2.37. The molecule has 0 spiro atoms. The summed E-state index contributed by atoms with van der Waals surface area (Å²) in [6.07, 6.45) is 6.95. The number of benzene rings is 1. The molecule has 0 saturated heterocycles. The minimum atomic E-state index is -2.08. The van der Waals surface area contributed by atoms with E-state index in [2.05, 4.69) is 39.9 Å². The van der Waals surface area contributed by atoms with Crippen molar-refractivity contribution in [3.8, 4) is 17.2 Å². The van der Waals surface area contributed by atoms with E-state index in [1.807, 2.05) is 12.1 Å². The van der Waals surface area contributed by atoms with Crippen LogP contribution in [0.1, 0.15) is 58.4 Å². The molecule has 0 N–H and O–H groups in total. The van der Waals surface area contributed by atoms with Crippen LogP contribution in [-0.4, -0.2) is 28.5 Å². The molecule has 1 aliphatic carbocycles. The Hall–Kier alpha value is -1.95. The van der Waals surface area contributed by atoms with Crippen LogP contribution in [0, 0.1) is 0 Å². The summed E-state index contributed by atoms with van der Waals surface area (Å²) in [4.78, 5) is 12.4. The molecule has 0 aromatic heterocycles. The molecule has 1 aromatic carbocycles. The first-order valence-corrected chi connectivity index (χ1v) is 13.3. The molecule has 1 aliphatic rings. The summed E-state index contributed by atoms with van der Waals surface area (Å²) in [6.45, 7) is 11.1. The SMILES string of the molecule is COc1cc(COC(=O)CC2=CCCCC2)c(O[Si](C)(C)C(C)(C)C)cc1OC. The van der Waals surface area contributed by atoms with E-state index in [1.165, 1.54) is 12.0 Å². The average Bonchev–Trinajstić information content (AvgIpc) is 2.66. The lowest BCUT2D eigenvalue weighted by Crippen LogP contribution is -2.44. The minimum Gasteiger partial charge on any atom is -0.543 e. The Morgan fingerprint density at radius 3 is 2.24 bits per heavy atom. The van der Waals surface area contributed by atoms with Crippen LogP contribution in [0.15, 0.2) is 23.8 Å². The molecule has 1 aromatic rings. The Balaban J connectivity index is 2.21. The fourth-order valence-electron chi connectivity index (χ4n) is 3.00. The van der Waals surface area contributed by atoms with Crippen molar-refractivity contribution in [2.24, 2.45) is 0 Å². The topological polar surface area (TPSA) is 54.0 Å². The van der Waals surface area contributed by atoms with E-state index in [0.29, 0.717) is 23.7 Å². The summed E-state index contributed by atoms with van der Waals surface area (Å²) in [7, 11) is 1.12. The zero-order valence-electron chi connectivity index (χ0n) is 19.0. The number of hydrogen-bond donors (Lipinski definition) is 0. The molecule has 0 amide bonds. The van der Waals surface area contributed by atoms with Crippen molar-refractivity contribution in [2.75, 3.05) is 14.2 Å². The van der Waals surface area contributed by atoms with Gasteiger partial charge in [-0.2, -0.15) is 0 Å². The highest BCUT2D eigenvalue weighted by Crippen LogP contribution is 2.41. The van der Waals surface area contributed by atoms with Gasteiger partial charge >= 0.3 is 5.97 Å². The van der Waals surface area contributed by atoms with E-state index in [1.54, 1.807) is 14.2 Å². The smallest absolute Gasteiger partial charge is 0.310 e. The largest absolute Gasteiger partial charge is 0.543 e. The molecule has 0 aliphatic heterocycles. The normalized spacial score (nSPS) is 14.8. The molecule has 2 rings (SSSR count). The molecular weight excluding hydrogens is 384 g/mol. The maximum atomic E-state index is 12.4. The van der Waals surface area contributed by atoms with Crippen molar-refractivity contribution in [3.63, 3.8) is 0 Å². The van der Waals surface area contributed by atoms with Gasteiger partial charge in [-0.1, -0.05) is 32.4 Å². The zero-order chi connectivity index (χ0) is 21.7. The summed E-state index contributed by atoms with van der Waals surface area (Å²) < 4.78 is 23.0. The molecule has 0 radical (unpaired) electrons. The lowest BCUT2D eigenvalue weighted by atomic mass is 9.97. The van der Waals surface area contributed by atoms with Crippen LogP contribution in [0.3, 0.4) is 0 Å². The quantitative estimate of drug-likeness (QED) is 0.292. The molecule has 0 bridgehead atoms. The van der Waals surface area contributed by atoms with Crippen molar-refractivity contribution in [1.29, 1.82) is 0 Å². The van der Waals surface area contributed by atoms with Gasteiger partial charge in [-0.3, -0.25) is 4.79 Å². The molecule has 29 heavy (non-hydrogen) atoms. The molecule has 0 atom stereocenters. The highest BCUT2D eigenvalue weighted by Gasteiger charge is 2.39. The number of carbonyl (C=O) groups excluding carboxylic acids is 1. The third-order valence-electron chi connectivity index (χ3n) is 5.88. The molecule has 162 valence electrons. The van der Waals surface area contributed by atoms with Crippen molar-refractivity contribution in [2.45, 2.75) is 77.6 Å². The molecular formula is C23H36O5Si. The number of methoxy groups -OCH3 is 2. The first-order chi connectivity index (χ1) is 13.6. The van der Waals surface area contributed by atoms with Gasteiger partial charge in [0, 0.05) is 11.6 Å². The van der Waals surface area contributed by atoms with Gasteiger partial charge in [0.2, 0.25) is 8.32 Å². The number of ether oxygens (including phenoxy) is 3. The van der Waals surface area contributed by atoms with Gasteiger partial charge in [-0.25, -0.2) is 0 Å². The van der Waals surface area contributed by atoms with Gasteiger partial charge in [-0.15, -0.1) is 0 Å². The Morgan fingerprint density at radius 2 is 1.69 bits per heavy atom. The number of hydrogen-bond acceptors (Lipinski definition) is 5. The maximum Gasteiger partial charge on any atom is 0.310 e. The standard InChI is InChI=1S/C23H36O5Si/c1-23(2,3)29(6,7)28-19-15-21(26-5)20(25-4)14-18(19)16-27-22(24)13-17-11-9-8-10-12-17/h11,14-15H,8-10,12-13,16H2,1-7H3. The molecule has 0 saturated carbocycles. The summed E-state index contributed by atoms with van der Waals surface area (Å²) in [5.74, 6) is 1.69. The van der Waals surface area contributed by atoms with Gasteiger partial charge < -0.3 is 18.6 Å². The Bertz CT molecular complexity index is 746. The van der Waals surface area contributed by atoms with E-state index < -0.39 is 8.32 Å². The van der Waals surface area contributed by atoms with Crippen molar-refractivity contribution in [1.82, 2.24) is 0 Å². The van der Waals surface area contributed by atoms with Gasteiger partial charge in [0.15, 0.2) is 11.5 Å². The van der Waals surface area contributed by atoms with Crippen LogP contribution in [-0.2, 0) is 16.1 Å². The molecule has 5 nitrogen and oxygen atoms in total. The van der Waals surface area contributed by atoms with Crippen molar-refractivity contribution >= 4 is 14.3 Å². The fraction of sp³-hybridized carbons (Fsp3) is 0.609. The maximum absolute atomic E-state index is 12.4. The fourth-order valence-corrected chi connectivity index (χ4v) is 4.04. The second-order valence-corrected chi connectivity index (χ2v) is 13.8. The van der Waals surface area contributed by atoms with Crippen LogP contribution in [0.4, 0.5) is 0 Å². The molecule has 0 unspecified atom stereocenters. The van der Waals surface area contributed by atoms with Crippen LogP contribution < -0.4 is 13.9 Å². The summed E-state index contributed by atoms with van der Waals surface area (Å²) >= 11 is 0. The van der Waals surface area contributed by atoms with Crippen molar-refractivity contribution in [3.05, 3.63) is 29.3 Å². The number of allylic oxidation sites excluding steroid dienone is 1. The molecule has 6 heteroatoms. The highest BCUT2D eigenvalue weighted by molar-refractivity contribution is 6.74. The number of esters is 1. The van der Waals surface area contributed by atoms with Crippen LogP contribution >= 0.6 is 0 Å². The minimum absolute atomic E-state index is 0.0432. The van der Waals surface area contributed by atoms with E-state index in [-0.39, 0.29) is 17.6 Å². The number of rotatable bonds is 8. The van der Waals surface area contributed by atoms with E-state index in [0.717, 1.165) is 24.8 Å². The van der Waals surface area contributed by atoms with Gasteiger partial charge in [0.1, 0.15) is 12.4 Å². The monoisotopic (exact) mass is 420 g/mol.